The van der Waals surface area contributed by atoms with Crippen molar-refractivity contribution < 1.29 is 0 Å². The lowest BCUT2D eigenvalue weighted by atomic mass is 10.1. The Hall–Kier alpha value is -1.78. The summed E-state index contributed by atoms with van der Waals surface area (Å²) < 4.78 is 0. The quantitative estimate of drug-likeness (QED) is 0.777. The van der Waals surface area contributed by atoms with E-state index in [1.54, 1.807) is 11.3 Å². The van der Waals surface area contributed by atoms with Crippen LogP contribution in [0.3, 0.4) is 0 Å². The highest BCUT2D eigenvalue weighted by molar-refractivity contribution is 7.11. The highest BCUT2D eigenvalue weighted by atomic mass is 32.1. The summed E-state index contributed by atoms with van der Waals surface area (Å²) in [5.41, 5.74) is 3.43. The molecular weight excluding hydrogens is 278 g/mol. The molecule has 0 fully saturated rings. The van der Waals surface area contributed by atoms with E-state index >= 15 is 0 Å². The molecular formula is C17H19N3S. The van der Waals surface area contributed by atoms with Crippen molar-refractivity contribution in [3.63, 3.8) is 0 Å². The summed E-state index contributed by atoms with van der Waals surface area (Å²) >= 11 is 1.79. The summed E-state index contributed by atoms with van der Waals surface area (Å²) in [6.45, 7) is 5.87. The van der Waals surface area contributed by atoms with Crippen LogP contribution in [0.25, 0.3) is 10.9 Å². The van der Waals surface area contributed by atoms with Crippen molar-refractivity contribution in [2.24, 2.45) is 0 Å². The molecule has 0 atom stereocenters. The molecule has 0 radical (unpaired) electrons. The van der Waals surface area contributed by atoms with Crippen molar-refractivity contribution in [3.05, 3.63) is 57.7 Å². The highest BCUT2D eigenvalue weighted by Gasteiger charge is 2.04. The fourth-order valence-electron chi connectivity index (χ4n) is 2.44. The van der Waals surface area contributed by atoms with Gasteiger partial charge in [0.15, 0.2) is 0 Å². The minimum absolute atomic E-state index is 0.820. The average molecular weight is 297 g/mol. The molecule has 0 aliphatic carbocycles. The van der Waals surface area contributed by atoms with Gasteiger partial charge in [0.1, 0.15) is 5.01 Å². The van der Waals surface area contributed by atoms with Crippen LogP contribution in [0.4, 0.5) is 0 Å². The van der Waals surface area contributed by atoms with E-state index in [0.717, 1.165) is 35.7 Å². The fraction of sp³-hybridized carbons (Fsp3) is 0.294. The summed E-state index contributed by atoms with van der Waals surface area (Å²) in [4.78, 5) is 10.4. The molecule has 3 aromatic rings. The fourth-order valence-corrected chi connectivity index (χ4v) is 3.27. The smallest absolute Gasteiger partial charge is 0.107 e. The van der Waals surface area contributed by atoms with Gasteiger partial charge in [-0.05, 0) is 31.0 Å². The summed E-state index contributed by atoms with van der Waals surface area (Å²) in [5, 5.41) is 5.88. The number of rotatable bonds is 5. The van der Waals surface area contributed by atoms with E-state index in [4.69, 9.17) is 0 Å². The third-order valence-corrected chi connectivity index (χ3v) is 4.61. The van der Waals surface area contributed by atoms with Gasteiger partial charge in [0, 0.05) is 35.2 Å². The van der Waals surface area contributed by atoms with Gasteiger partial charge in [-0.3, -0.25) is 4.98 Å². The Balaban J connectivity index is 1.73. The van der Waals surface area contributed by atoms with E-state index in [-0.39, 0.29) is 0 Å². The van der Waals surface area contributed by atoms with Gasteiger partial charge >= 0.3 is 0 Å². The molecule has 1 N–H and O–H groups in total. The molecule has 21 heavy (non-hydrogen) atoms. The number of hydrogen-bond donors (Lipinski definition) is 1. The van der Waals surface area contributed by atoms with E-state index in [2.05, 4.69) is 46.5 Å². The molecule has 3 rings (SSSR count). The maximum atomic E-state index is 4.58. The minimum atomic E-state index is 0.820. The number of thiazole rings is 1. The summed E-state index contributed by atoms with van der Waals surface area (Å²) in [6, 6.07) is 10.5. The highest BCUT2D eigenvalue weighted by Crippen LogP contribution is 2.18. The molecule has 1 aromatic carbocycles. The Kier molecular flexibility index (Phi) is 4.27. The molecule has 0 spiro atoms. The van der Waals surface area contributed by atoms with Gasteiger partial charge < -0.3 is 5.32 Å². The van der Waals surface area contributed by atoms with Crippen molar-refractivity contribution >= 4 is 22.2 Å². The summed E-state index contributed by atoms with van der Waals surface area (Å²) in [7, 11) is 0. The van der Waals surface area contributed by atoms with Gasteiger partial charge in [-0.2, -0.15) is 0 Å². The standard InChI is InChI=1S/C17H19N3S/c1-3-14-10-19-17(21-14)11-18-9-13-8-12(2)20-16-7-5-4-6-15(13)16/h4-8,10,18H,3,9,11H2,1-2H3. The van der Waals surface area contributed by atoms with E-state index < -0.39 is 0 Å². The average Bonchev–Trinajstić information content (AvgIpc) is 2.95. The predicted octanol–water partition coefficient (Wildman–Crippen LogP) is 3.85. The van der Waals surface area contributed by atoms with E-state index in [1.807, 2.05) is 19.2 Å². The lowest BCUT2D eigenvalue weighted by Gasteiger charge is -2.08. The normalized spacial score (nSPS) is 11.1. The second-order valence-electron chi connectivity index (χ2n) is 5.12. The Bertz CT molecular complexity index is 749. The SMILES string of the molecule is CCc1cnc(CNCc2cc(C)nc3ccccc23)s1. The van der Waals surface area contributed by atoms with Gasteiger partial charge in [0.25, 0.3) is 0 Å². The van der Waals surface area contributed by atoms with Gasteiger partial charge in [0.2, 0.25) is 0 Å². The number of aromatic nitrogens is 2. The number of nitrogens with zero attached hydrogens (tertiary/aromatic N) is 2. The monoisotopic (exact) mass is 297 g/mol. The lowest BCUT2D eigenvalue weighted by Crippen LogP contribution is -2.13. The molecule has 0 saturated carbocycles. The molecule has 0 bridgehead atoms. The summed E-state index contributed by atoms with van der Waals surface area (Å²) in [6.07, 6.45) is 3.04. The number of aryl methyl sites for hydroxylation is 2. The van der Waals surface area contributed by atoms with Gasteiger partial charge in [-0.1, -0.05) is 25.1 Å². The van der Waals surface area contributed by atoms with E-state index in [0.29, 0.717) is 0 Å². The predicted molar refractivity (Wildman–Crippen MR) is 88.5 cm³/mol. The van der Waals surface area contributed by atoms with Crippen LogP contribution < -0.4 is 5.32 Å². The number of para-hydroxylation sites is 1. The van der Waals surface area contributed by atoms with Crippen LogP contribution in [0, 0.1) is 6.92 Å². The van der Waals surface area contributed by atoms with Crippen LogP contribution in [0.1, 0.15) is 28.1 Å². The largest absolute Gasteiger partial charge is 0.306 e. The first-order chi connectivity index (χ1) is 10.3. The molecule has 0 unspecified atom stereocenters. The number of pyridine rings is 1. The molecule has 3 nitrogen and oxygen atoms in total. The maximum Gasteiger partial charge on any atom is 0.107 e. The minimum Gasteiger partial charge on any atom is -0.306 e. The summed E-state index contributed by atoms with van der Waals surface area (Å²) in [5.74, 6) is 0. The Morgan fingerprint density at radius 1 is 1.19 bits per heavy atom. The second kappa shape index (κ2) is 6.33. The topological polar surface area (TPSA) is 37.8 Å². The third-order valence-electron chi connectivity index (χ3n) is 3.47. The van der Waals surface area contributed by atoms with Crippen molar-refractivity contribution in [1.29, 1.82) is 0 Å². The van der Waals surface area contributed by atoms with E-state index in [9.17, 15) is 0 Å². The Labute approximate surface area is 129 Å². The molecule has 2 heterocycles. The number of benzene rings is 1. The van der Waals surface area contributed by atoms with Crippen molar-refractivity contribution in [3.8, 4) is 0 Å². The first-order valence-electron chi connectivity index (χ1n) is 7.26. The molecule has 108 valence electrons. The molecule has 2 aromatic heterocycles. The van der Waals surface area contributed by atoms with Crippen LogP contribution in [-0.4, -0.2) is 9.97 Å². The third kappa shape index (κ3) is 3.28. The zero-order chi connectivity index (χ0) is 14.7. The molecule has 4 heteroatoms. The Morgan fingerprint density at radius 2 is 2.05 bits per heavy atom. The van der Waals surface area contributed by atoms with Gasteiger partial charge in [-0.15, -0.1) is 11.3 Å². The van der Waals surface area contributed by atoms with Gasteiger partial charge in [-0.25, -0.2) is 4.98 Å². The van der Waals surface area contributed by atoms with E-state index in [1.165, 1.54) is 15.8 Å². The first-order valence-corrected chi connectivity index (χ1v) is 8.07. The molecule has 0 aliphatic rings. The van der Waals surface area contributed by atoms with Crippen LogP contribution in [-0.2, 0) is 19.5 Å². The van der Waals surface area contributed by atoms with Crippen molar-refractivity contribution in [1.82, 2.24) is 15.3 Å². The zero-order valence-electron chi connectivity index (χ0n) is 12.4. The van der Waals surface area contributed by atoms with Crippen LogP contribution >= 0.6 is 11.3 Å². The van der Waals surface area contributed by atoms with Crippen molar-refractivity contribution in [2.45, 2.75) is 33.4 Å². The lowest BCUT2D eigenvalue weighted by molar-refractivity contribution is 0.692. The van der Waals surface area contributed by atoms with Gasteiger partial charge in [0.05, 0.1) is 5.52 Å². The van der Waals surface area contributed by atoms with Crippen LogP contribution in [0.5, 0.6) is 0 Å². The van der Waals surface area contributed by atoms with Crippen molar-refractivity contribution in [2.75, 3.05) is 0 Å². The first kappa shape index (κ1) is 14.2. The maximum absolute atomic E-state index is 4.58. The molecule has 0 aliphatic heterocycles. The molecule has 0 amide bonds. The Morgan fingerprint density at radius 3 is 2.86 bits per heavy atom. The number of hydrogen-bond acceptors (Lipinski definition) is 4. The molecule has 0 saturated heterocycles. The van der Waals surface area contributed by atoms with Crippen LogP contribution in [0.15, 0.2) is 36.5 Å². The van der Waals surface area contributed by atoms with Crippen LogP contribution in [0.2, 0.25) is 0 Å². The second-order valence-corrected chi connectivity index (χ2v) is 6.32. The zero-order valence-corrected chi connectivity index (χ0v) is 13.2. The number of nitrogens with one attached hydrogen (secondary N) is 1. The number of fused-ring (bicyclic) bond motifs is 1.